The molecule has 0 aromatic heterocycles. The summed E-state index contributed by atoms with van der Waals surface area (Å²) < 4.78 is 42.6. The van der Waals surface area contributed by atoms with Crippen LogP contribution in [0.2, 0.25) is 0 Å². The predicted molar refractivity (Wildman–Crippen MR) is 124 cm³/mol. The van der Waals surface area contributed by atoms with E-state index in [9.17, 15) is 8.78 Å². The molecule has 0 bridgehead atoms. The third kappa shape index (κ3) is 6.37. The average Bonchev–Trinajstić information content (AvgIpc) is 2.78. The number of hydrogen-bond donors (Lipinski definition) is 0. The van der Waals surface area contributed by atoms with E-state index in [-0.39, 0.29) is 0 Å². The number of hydrogen-bond acceptors (Lipinski definition) is 0. The number of benzene rings is 2. The molecule has 170 valence electrons. The van der Waals surface area contributed by atoms with Crippen molar-refractivity contribution in [2.24, 2.45) is 11.8 Å². The van der Waals surface area contributed by atoms with Crippen LogP contribution in [0, 0.1) is 17.7 Å². The molecular formula is C28H37F3. The van der Waals surface area contributed by atoms with Gasteiger partial charge in [-0.05, 0) is 53.4 Å². The summed E-state index contributed by atoms with van der Waals surface area (Å²) in [6, 6.07) is 10.9. The van der Waals surface area contributed by atoms with Crippen molar-refractivity contribution in [2.45, 2.75) is 90.9 Å². The summed E-state index contributed by atoms with van der Waals surface area (Å²) in [6.45, 7) is 4.31. The summed E-state index contributed by atoms with van der Waals surface area (Å²) in [7, 11) is 0. The molecule has 0 N–H and O–H groups in total. The van der Waals surface area contributed by atoms with Crippen molar-refractivity contribution in [1.29, 1.82) is 0 Å². The molecule has 3 heteroatoms. The first-order chi connectivity index (χ1) is 15.0. The fourth-order valence-electron chi connectivity index (χ4n) is 5.18. The Kier molecular flexibility index (Phi) is 9.04. The maximum atomic E-state index is 15.0. The van der Waals surface area contributed by atoms with Gasteiger partial charge in [-0.15, -0.1) is 0 Å². The summed E-state index contributed by atoms with van der Waals surface area (Å²) in [4.78, 5) is 0. The van der Waals surface area contributed by atoms with Crippen LogP contribution in [0.1, 0.15) is 94.8 Å². The summed E-state index contributed by atoms with van der Waals surface area (Å²) in [5.41, 5.74) is 2.07. The average molecular weight is 431 g/mol. The second-order valence-corrected chi connectivity index (χ2v) is 9.27. The van der Waals surface area contributed by atoms with Gasteiger partial charge >= 0.3 is 0 Å². The van der Waals surface area contributed by atoms with Crippen LogP contribution < -0.4 is 0 Å². The number of unbranched alkanes of at least 4 members (excludes halogenated alkanes) is 1. The highest BCUT2D eigenvalue weighted by Gasteiger charge is 2.23. The maximum Gasteiger partial charge on any atom is 0.267 e. The first-order valence-corrected chi connectivity index (χ1v) is 12.2. The number of rotatable bonds is 10. The minimum atomic E-state index is -2.82. The molecule has 2 aromatic carbocycles. The van der Waals surface area contributed by atoms with E-state index >= 15 is 4.39 Å². The van der Waals surface area contributed by atoms with E-state index in [4.69, 9.17) is 0 Å². The standard InChI is InChI=1S/C28H37F3/c1-3-7-21-10-12-22(13-11-21)8-5-6-9-24-18-19-25(26(27(24)29)28(30)31)23-16-14-20(4-2)15-17-23/h14-19,21-22,28H,3-13H2,1-2H3. The van der Waals surface area contributed by atoms with Crippen LogP contribution in [0.5, 0.6) is 0 Å². The number of halogens is 3. The first kappa shape index (κ1) is 23.9. The Morgan fingerprint density at radius 1 is 0.839 bits per heavy atom. The zero-order valence-electron chi connectivity index (χ0n) is 19.1. The molecule has 1 fully saturated rings. The van der Waals surface area contributed by atoms with Crippen molar-refractivity contribution in [3.8, 4) is 11.1 Å². The zero-order chi connectivity index (χ0) is 22.2. The van der Waals surface area contributed by atoms with Gasteiger partial charge in [0.2, 0.25) is 0 Å². The highest BCUT2D eigenvalue weighted by molar-refractivity contribution is 5.69. The second kappa shape index (κ2) is 11.7. The van der Waals surface area contributed by atoms with Crippen molar-refractivity contribution in [3.05, 3.63) is 58.9 Å². The van der Waals surface area contributed by atoms with Crippen molar-refractivity contribution >= 4 is 0 Å². The zero-order valence-corrected chi connectivity index (χ0v) is 19.1. The third-order valence-electron chi connectivity index (χ3n) is 7.12. The molecule has 0 radical (unpaired) electrons. The Morgan fingerprint density at radius 3 is 2.06 bits per heavy atom. The Labute approximate surface area is 186 Å². The van der Waals surface area contributed by atoms with E-state index in [1.807, 2.05) is 31.2 Å². The van der Waals surface area contributed by atoms with Gasteiger partial charge in [0, 0.05) is 0 Å². The highest BCUT2D eigenvalue weighted by Crippen LogP contribution is 2.36. The van der Waals surface area contributed by atoms with E-state index in [0.717, 1.165) is 36.7 Å². The molecule has 1 aliphatic rings. The molecule has 0 saturated heterocycles. The normalized spacial score (nSPS) is 19.2. The van der Waals surface area contributed by atoms with Gasteiger partial charge in [0.15, 0.2) is 0 Å². The molecule has 0 nitrogen and oxygen atoms in total. The monoisotopic (exact) mass is 430 g/mol. The van der Waals surface area contributed by atoms with Crippen LogP contribution in [-0.2, 0) is 12.8 Å². The first-order valence-electron chi connectivity index (χ1n) is 12.2. The van der Waals surface area contributed by atoms with Crippen LogP contribution in [0.3, 0.4) is 0 Å². The highest BCUT2D eigenvalue weighted by atomic mass is 19.3. The maximum absolute atomic E-state index is 15.0. The van der Waals surface area contributed by atoms with Gasteiger partial charge in [0.25, 0.3) is 6.43 Å². The Morgan fingerprint density at radius 2 is 1.48 bits per heavy atom. The van der Waals surface area contributed by atoms with E-state index in [1.54, 1.807) is 12.1 Å². The van der Waals surface area contributed by atoms with Crippen molar-refractivity contribution < 1.29 is 13.2 Å². The van der Waals surface area contributed by atoms with Crippen LogP contribution in [-0.4, -0.2) is 0 Å². The molecule has 0 amide bonds. The summed E-state index contributed by atoms with van der Waals surface area (Å²) >= 11 is 0. The molecule has 0 atom stereocenters. The summed E-state index contributed by atoms with van der Waals surface area (Å²) in [6.07, 6.45) is 9.68. The molecule has 0 heterocycles. The van der Waals surface area contributed by atoms with Crippen LogP contribution >= 0.6 is 0 Å². The van der Waals surface area contributed by atoms with Gasteiger partial charge in [-0.3, -0.25) is 0 Å². The topological polar surface area (TPSA) is 0 Å². The van der Waals surface area contributed by atoms with E-state index in [1.165, 1.54) is 44.9 Å². The summed E-state index contributed by atoms with van der Waals surface area (Å²) in [5, 5.41) is 0. The fraction of sp³-hybridized carbons (Fsp3) is 0.571. The van der Waals surface area contributed by atoms with Crippen molar-refractivity contribution in [1.82, 2.24) is 0 Å². The Hall–Kier alpha value is -1.77. The van der Waals surface area contributed by atoms with E-state index in [2.05, 4.69) is 6.92 Å². The lowest BCUT2D eigenvalue weighted by Gasteiger charge is -2.28. The van der Waals surface area contributed by atoms with Gasteiger partial charge in [-0.1, -0.05) is 102 Å². The molecule has 1 saturated carbocycles. The molecule has 0 spiro atoms. The lowest BCUT2D eigenvalue weighted by molar-refractivity contribution is 0.146. The van der Waals surface area contributed by atoms with Crippen molar-refractivity contribution in [3.63, 3.8) is 0 Å². The third-order valence-corrected chi connectivity index (χ3v) is 7.12. The predicted octanol–water partition coefficient (Wildman–Crippen LogP) is 9.31. The van der Waals surface area contributed by atoms with E-state index in [0.29, 0.717) is 23.1 Å². The fourth-order valence-corrected chi connectivity index (χ4v) is 5.18. The Bertz CT molecular complexity index is 802. The van der Waals surface area contributed by atoms with Gasteiger partial charge in [0.05, 0.1) is 5.56 Å². The van der Waals surface area contributed by atoms with Crippen molar-refractivity contribution in [2.75, 3.05) is 0 Å². The lowest BCUT2D eigenvalue weighted by Crippen LogP contribution is -2.14. The smallest absolute Gasteiger partial charge is 0.206 e. The SMILES string of the molecule is CCCC1CCC(CCCCc2ccc(-c3ccc(CC)cc3)c(C(F)F)c2F)CC1. The molecule has 1 aliphatic carbocycles. The van der Waals surface area contributed by atoms with Gasteiger partial charge < -0.3 is 0 Å². The minimum Gasteiger partial charge on any atom is -0.206 e. The molecular weight excluding hydrogens is 393 g/mol. The van der Waals surface area contributed by atoms with Gasteiger partial charge in [0.1, 0.15) is 5.82 Å². The second-order valence-electron chi connectivity index (χ2n) is 9.27. The number of aryl methyl sites for hydroxylation is 2. The summed E-state index contributed by atoms with van der Waals surface area (Å²) in [5.74, 6) is 0.995. The van der Waals surface area contributed by atoms with Gasteiger partial charge in [-0.25, -0.2) is 13.2 Å². The largest absolute Gasteiger partial charge is 0.267 e. The molecule has 31 heavy (non-hydrogen) atoms. The molecule has 3 rings (SSSR count). The minimum absolute atomic E-state index is 0.308. The molecule has 0 unspecified atom stereocenters. The quantitative estimate of drug-likeness (QED) is 0.329. The number of alkyl halides is 2. The molecule has 2 aromatic rings. The van der Waals surface area contributed by atoms with Gasteiger partial charge in [-0.2, -0.15) is 0 Å². The van der Waals surface area contributed by atoms with Crippen LogP contribution in [0.4, 0.5) is 13.2 Å². The Balaban J connectivity index is 1.59. The van der Waals surface area contributed by atoms with E-state index < -0.39 is 17.8 Å². The van der Waals surface area contributed by atoms with Crippen LogP contribution in [0.15, 0.2) is 36.4 Å². The van der Waals surface area contributed by atoms with Crippen LogP contribution in [0.25, 0.3) is 11.1 Å². The lowest BCUT2D eigenvalue weighted by atomic mass is 9.78. The molecule has 0 aliphatic heterocycles.